The predicted octanol–water partition coefficient (Wildman–Crippen LogP) is 5.31. The van der Waals surface area contributed by atoms with Gasteiger partial charge in [-0.1, -0.05) is 30.3 Å². The molecule has 4 rings (SSSR count). The largest absolute Gasteiger partial charge is 0.322 e. The first-order chi connectivity index (χ1) is 15.3. The molecule has 1 aromatic heterocycles. The van der Waals surface area contributed by atoms with Gasteiger partial charge in [0.15, 0.2) is 0 Å². The van der Waals surface area contributed by atoms with Gasteiger partial charge in [0.1, 0.15) is 10.8 Å². The molecule has 0 aliphatic carbocycles. The van der Waals surface area contributed by atoms with E-state index < -0.39 is 21.7 Å². The molecular weight excluding hydrogens is 449 g/mol. The number of carbonyl (C=O) groups excluding carboxylic acids is 1. The second-order valence-corrected chi connectivity index (χ2v) is 9.51. The van der Waals surface area contributed by atoms with Gasteiger partial charge in [0, 0.05) is 28.4 Å². The molecule has 9 heteroatoms. The Bertz CT molecular complexity index is 1390. The van der Waals surface area contributed by atoms with Gasteiger partial charge in [0.25, 0.3) is 15.9 Å². The summed E-state index contributed by atoms with van der Waals surface area (Å²) in [6.45, 7) is 1.71. The van der Waals surface area contributed by atoms with Crippen molar-refractivity contribution >= 4 is 38.6 Å². The molecular formula is C23H18FN3O3S2. The number of carbonyl (C=O) groups is 1. The van der Waals surface area contributed by atoms with Gasteiger partial charge in [-0.05, 0) is 48.9 Å². The maximum absolute atomic E-state index is 13.9. The van der Waals surface area contributed by atoms with Gasteiger partial charge >= 0.3 is 0 Å². The monoisotopic (exact) mass is 467 g/mol. The van der Waals surface area contributed by atoms with Crippen molar-refractivity contribution in [2.24, 2.45) is 0 Å². The fourth-order valence-electron chi connectivity index (χ4n) is 3.05. The first-order valence-corrected chi connectivity index (χ1v) is 11.9. The van der Waals surface area contributed by atoms with E-state index in [4.69, 9.17) is 0 Å². The normalized spacial score (nSPS) is 11.2. The number of sulfonamides is 1. The van der Waals surface area contributed by atoms with Crippen LogP contribution in [0.1, 0.15) is 15.9 Å². The van der Waals surface area contributed by atoms with Crippen molar-refractivity contribution in [3.63, 3.8) is 0 Å². The van der Waals surface area contributed by atoms with E-state index in [0.717, 1.165) is 16.6 Å². The molecule has 1 heterocycles. The van der Waals surface area contributed by atoms with E-state index in [0.29, 0.717) is 11.3 Å². The molecule has 0 bridgehead atoms. The van der Waals surface area contributed by atoms with Crippen LogP contribution in [0.25, 0.3) is 10.6 Å². The highest BCUT2D eigenvalue weighted by molar-refractivity contribution is 7.92. The van der Waals surface area contributed by atoms with Crippen LogP contribution in [-0.4, -0.2) is 19.3 Å². The molecule has 0 aliphatic heterocycles. The lowest BCUT2D eigenvalue weighted by atomic mass is 10.1. The molecule has 0 fully saturated rings. The van der Waals surface area contributed by atoms with E-state index in [9.17, 15) is 17.6 Å². The number of amides is 1. The van der Waals surface area contributed by atoms with Crippen molar-refractivity contribution in [2.45, 2.75) is 11.8 Å². The van der Waals surface area contributed by atoms with Crippen LogP contribution in [0, 0.1) is 12.7 Å². The lowest BCUT2D eigenvalue weighted by molar-refractivity contribution is 0.102. The van der Waals surface area contributed by atoms with Crippen molar-refractivity contribution in [1.82, 2.24) is 4.98 Å². The molecule has 32 heavy (non-hydrogen) atoms. The number of hydrogen-bond donors (Lipinski definition) is 2. The molecule has 0 unspecified atom stereocenters. The highest BCUT2D eigenvalue weighted by Gasteiger charge is 2.20. The zero-order chi connectivity index (χ0) is 22.7. The van der Waals surface area contributed by atoms with E-state index in [1.165, 1.54) is 47.7 Å². The van der Waals surface area contributed by atoms with Gasteiger partial charge < -0.3 is 5.32 Å². The average molecular weight is 468 g/mol. The summed E-state index contributed by atoms with van der Waals surface area (Å²) in [5.41, 5.74) is 2.04. The van der Waals surface area contributed by atoms with Crippen LogP contribution in [0.2, 0.25) is 0 Å². The molecule has 0 radical (unpaired) electrons. The average Bonchev–Trinajstić information content (AvgIpc) is 3.30. The standard InChI is InChI=1S/C23H18FN3O3S2/c1-15-9-10-18(32(29,30)27-21-8-3-2-7-20(21)24)14-19(15)22(28)26-17-6-4-5-16(13-17)23-25-11-12-31-23/h2-14,27H,1H3,(H,26,28). The molecule has 2 N–H and O–H groups in total. The van der Waals surface area contributed by atoms with Crippen LogP contribution in [0.3, 0.4) is 0 Å². The Hall–Kier alpha value is -3.56. The number of benzene rings is 3. The van der Waals surface area contributed by atoms with E-state index in [1.807, 2.05) is 11.4 Å². The molecule has 162 valence electrons. The Morgan fingerprint density at radius 3 is 2.59 bits per heavy atom. The first-order valence-electron chi connectivity index (χ1n) is 9.53. The van der Waals surface area contributed by atoms with Crippen molar-refractivity contribution in [2.75, 3.05) is 10.0 Å². The van der Waals surface area contributed by atoms with Crippen molar-refractivity contribution in [3.05, 3.63) is 95.3 Å². The maximum atomic E-state index is 13.9. The Kier molecular flexibility index (Phi) is 6.02. The summed E-state index contributed by atoms with van der Waals surface area (Å²) in [6.07, 6.45) is 1.70. The number of thiazole rings is 1. The van der Waals surface area contributed by atoms with Crippen LogP contribution in [-0.2, 0) is 10.0 Å². The Labute approximate surface area is 188 Å². The van der Waals surface area contributed by atoms with E-state index in [2.05, 4.69) is 15.0 Å². The SMILES string of the molecule is Cc1ccc(S(=O)(=O)Nc2ccccc2F)cc1C(=O)Nc1cccc(-c2nccs2)c1. The Morgan fingerprint density at radius 2 is 1.84 bits per heavy atom. The van der Waals surface area contributed by atoms with Gasteiger partial charge in [-0.3, -0.25) is 9.52 Å². The molecule has 0 saturated heterocycles. The molecule has 6 nitrogen and oxygen atoms in total. The van der Waals surface area contributed by atoms with Crippen molar-refractivity contribution in [1.29, 1.82) is 0 Å². The van der Waals surface area contributed by atoms with Crippen LogP contribution in [0.4, 0.5) is 15.8 Å². The number of rotatable bonds is 6. The number of aromatic nitrogens is 1. The van der Waals surface area contributed by atoms with E-state index in [1.54, 1.807) is 31.3 Å². The van der Waals surface area contributed by atoms with Gasteiger partial charge in [0.05, 0.1) is 10.6 Å². The summed E-state index contributed by atoms with van der Waals surface area (Å²) < 4.78 is 41.6. The smallest absolute Gasteiger partial charge is 0.262 e. The number of nitrogens with one attached hydrogen (secondary N) is 2. The van der Waals surface area contributed by atoms with E-state index in [-0.39, 0.29) is 16.1 Å². The Balaban J connectivity index is 1.59. The number of aryl methyl sites for hydroxylation is 1. The number of anilines is 2. The Morgan fingerprint density at radius 1 is 1.03 bits per heavy atom. The summed E-state index contributed by atoms with van der Waals surface area (Å²) in [4.78, 5) is 17.0. The summed E-state index contributed by atoms with van der Waals surface area (Å²) in [5, 5.41) is 5.49. The summed E-state index contributed by atoms with van der Waals surface area (Å²) in [6, 6.07) is 16.9. The topological polar surface area (TPSA) is 88.2 Å². The minimum Gasteiger partial charge on any atom is -0.322 e. The summed E-state index contributed by atoms with van der Waals surface area (Å²) >= 11 is 1.48. The molecule has 0 spiro atoms. The van der Waals surface area contributed by atoms with Gasteiger partial charge in [0.2, 0.25) is 0 Å². The molecule has 3 aromatic carbocycles. The number of halogens is 1. The highest BCUT2D eigenvalue weighted by Crippen LogP contribution is 2.26. The molecule has 0 atom stereocenters. The van der Waals surface area contributed by atoms with Gasteiger partial charge in [-0.25, -0.2) is 17.8 Å². The van der Waals surface area contributed by atoms with Crippen LogP contribution in [0.5, 0.6) is 0 Å². The lowest BCUT2D eigenvalue weighted by Gasteiger charge is -2.12. The van der Waals surface area contributed by atoms with Gasteiger partial charge in [-0.15, -0.1) is 11.3 Å². The maximum Gasteiger partial charge on any atom is 0.262 e. The molecule has 0 saturated carbocycles. The third kappa shape index (κ3) is 4.68. The second-order valence-electron chi connectivity index (χ2n) is 6.93. The summed E-state index contributed by atoms with van der Waals surface area (Å²) in [7, 11) is -4.09. The fourth-order valence-corrected chi connectivity index (χ4v) is 4.78. The van der Waals surface area contributed by atoms with Crippen LogP contribution in [0.15, 0.2) is 83.2 Å². The first kappa shape index (κ1) is 21.7. The lowest BCUT2D eigenvalue weighted by Crippen LogP contribution is -2.17. The molecule has 4 aromatic rings. The highest BCUT2D eigenvalue weighted by atomic mass is 32.2. The summed E-state index contributed by atoms with van der Waals surface area (Å²) in [5.74, 6) is -1.15. The third-order valence-electron chi connectivity index (χ3n) is 4.68. The number of nitrogens with zero attached hydrogens (tertiary/aromatic N) is 1. The number of para-hydroxylation sites is 1. The predicted molar refractivity (Wildman–Crippen MR) is 124 cm³/mol. The molecule has 0 aliphatic rings. The third-order valence-corrected chi connectivity index (χ3v) is 6.87. The van der Waals surface area contributed by atoms with E-state index >= 15 is 0 Å². The van der Waals surface area contributed by atoms with Crippen molar-refractivity contribution < 1.29 is 17.6 Å². The molecule has 1 amide bonds. The fraction of sp³-hybridized carbons (Fsp3) is 0.0435. The van der Waals surface area contributed by atoms with Crippen molar-refractivity contribution in [3.8, 4) is 10.6 Å². The zero-order valence-electron chi connectivity index (χ0n) is 16.9. The minimum atomic E-state index is -4.09. The second kappa shape index (κ2) is 8.89. The minimum absolute atomic E-state index is 0.145. The van der Waals surface area contributed by atoms with Crippen LogP contribution >= 0.6 is 11.3 Å². The quantitative estimate of drug-likeness (QED) is 0.402. The van der Waals surface area contributed by atoms with Crippen LogP contribution < -0.4 is 10.0 Å². The number of hydrogen-bond acceptors (Lipinski definition) is 5. The zero-order valence-corrected chi connectivity index (χ0v) is 18.5. The van der Waals surface area contributed by atoms with Gasteiger partial charge in [-0.2, -0.15) is 0 Å².